The molecule has 2 atom stereocenters. The highest BCUT2D eigenvalue weighted by atomic mass is 35.5. The molecule has 2 amide bonds. The van der Waals surface area contributed by atoms with E-state index in [-0.39, 0.29) is 23.0 Å². The Hall–Kier alpha value is -1.93. The van der Waals surface area contributed by atoms with Crippen molar-refractivity contribution >= 4 is 35.2 Å². The zero-order valence-corrected chi connectivity index (χ0v) is 15.9. The lowest BCUT2D eigenvalue weighted by Crippen LogP contribution is -2.40. The van der Waals surface area contributed by atoms with Crippen molar-refractivity contribution in [2.45, 2.75) is 25.1 Å². The summed E-state index contributed by atoms with van der Waals surface area (Å²) in [5, 5.41) is 12.0. The Kier molecular flexibility index (Phi) is 8.43. The van der Waals surface area contributed by atoms with Crippen LogP contribution in [0, 0.1) is 5.92 Å². The molecule has 1 rings (SSSR count). The summed E-state index contributed by atoms with van der Waals surface area (Å²) in [6, 6.07) is 3.68. The van der Waals surface area contributed by atoms with Crippen molar-refractivity contribution in [3.63, 3.8) is 0 Å². The minimum absolute atomic E-state index is 0.119. The Morgan fingerprint density at radius 2 is 1.96 bits per heavy atom. The molecule has 0 spiro atoms. The molecule has 0 fully saturated rings. The van der Waals surface area contributed by atoms with Gasteiger partial charge in [0.25, 0.3) is 0 Å². The third-order valence-corrected chi connectivity index (χ3v) is 4.55. The topological polar surface area (TPSA) is 69.6 Å². The molecule has 0 bridgehead atoms. The van der Waals surface area contributed by atoms with Crippen molar-refractivity contribution in [3.8, 4) is 0 Å². The van der Waals surface area contributed by atoms with Crippen molar-refractivity contribution in [3.05, 3.63) is 46.5 Å². The van der Waals surface area contributed by atoms with Gasteiger partial charge in [0.05, 0.1) is 16.1 Å². The fourth-order valence-electron chi connectivity index (χ4n) is 2.60. The number of benzene rings is 1. The quantitative estimate of drug-likeness (QED) is 0.580. The van der Waals surface area contributed by atoms with Crippen molar-refractivity contribution in [1.82, 2.24) is 10.2 Å². The van der Waals surface area contributed by atoms with Gasteiger partial charge >= 0.3 is 12.3 Å². The molecule has 0 aliphatic rings. The molecular formula is C17H19Cl2F3N2O3. The van der Waals surface area contributed by atoms with Gasteiger partial charge in [0, 0.05) is 19.5 Å². The molecule has 0 radical (unpaired) electrons. The first kappa shape index (κ1) is 23.1. The largest absolute Gasteiger partial charge is 0.465 e. The lowest BCUT2D eigenvalue weighted by molar-refractivity contribution is -0.160. The Balaban J connectivity index is 3.12. The van der Waals surface area contributed by atoms with Gasteiger partial charge in [-0.25, -0.2) is 4.79 Å². The molecule has 150 valence electrons. The highest BCUT2D eigenvalue weighted by Gasteiger charge is 2.34. The second kappa shape index (κ2) is 9.85. The number of carbonyl (C=O) groups is 2. The van der Waals surface area contributed by atoms with E-state index >= 15 is 0 Å². The lowest BCUT2D eigenvalue weighted by atomic mass is 9.89. The Morgan fingerprint density at radius 3 is 2.44 bits per heavy atom. The number of halogens is 5. The molecular weight excluding hydrogens is 408 g/mol. The maximum absolute atomic E-state index is 12.4. The zero-order chi connectivity index (χ0) is 20.8. The fourth-order valence-corrected chi connectivity index (χ4v) is 2.91. The van der Waals surface area contributed by atoms with Crippen LogP contribution in [0.1, 0.15) is 24.4 Å². The van der Waals surface area contributed by atoms with E-state index in [0.717, 1.165) is 4.90 Å². The van der Waals surface area contributed by atoms with Gasteiger partial charge in [-0.15, -0.1) is 6.58 Å². The summed E-state index contributed by atoms with van der Waals surface area (Å²) in [6.07, 6.45) is -5.80. The van der Waals surface area contributed by atoms with Crippen molar-refractivity contribution in [1.29, 1.82) is 0 Å². The molecule has 0 heterocycles. The predicted octanol–water partition coefficient (Wildman–Crippen LogP) is 4.91. The molecule has 0 saturated heterocycles. The van der Waals surface area contributed by atoms with Gasteiger partial charge in [0.1, 0.15) is 6.42 Å². The molecule has 0 saturated carbocycles. The van der Waals surface area contributed by atoms with E-state index in [0.29, 0.717) is 5.56 Å². The molecule has 5 nitrogen and oxygen atoms in total. The van der Waals surface area contributed by atoms with Crippen LogP contribution in [-0.4, -0.2) is 41.8 Å². The van der Waals surface area contributed by atoms with E-state index in [1.807, 2.05) is 0 Å². The van der Waals surface area contributed by atoms with Crippen molar-refractivity contribution < 1.29 is 27.9 Å². The molecule has 1 aromatic rings. The van der Waals surface area contributed by atoms with Gasteiger partial charge in [-0.3, -0.25) is 4.79 Å². The van der Waals surface area contributed by atoms with E-state index in [9.17, 15) is 22.8 Å². The third kappa shape index (κ3) is 7.68. The number of amides is 2. The van der Waals surface area contributed by atoms with E-state index in [1.54, 1.807) is 6.07 Å². The van der Waals surface area contributed by atoms with Crippen LogP contribution >= 0.6 is 23.2 Å². The van der Waals surface area contributed by atoms with Gasteiger partial charge < -0.3 is 15.3 Å². The van der Waals surface area contributed by atoms with Crippen molar-refractivity contribution in [2.75, 3.05) is 13.6 Å². The van der Waals surface area contributed by atoms with Gasteiger partial charge in [0.2, 0.25) is 5.91 Å². The number of nitrogens with zero attached hydrogens (tertiary/aromatic N) is 1. The first-order valence-corrected chi connectivity index (χ1v) is 8.56. The number of carbonyl (C=O) groups excluding carboxylic acids is 1. The number of nitrogens with one attached hydrogen (secondary N) is 1. The summed E-state index contributed by atoms with van der Waals surface area (Å²) < 4.78 is 37.3. The summed E-state index contributed by atoms with van der Waals surface area (Å²) in [7, 11) is 1.23. The maximum Gasteiger partial charge on any atom is 0.405 e. The summed E-state index contributed by atoms with van der Waals surface area (Å²) in [5.74, 6) is -1.68. The number of allylic oxidation sites excluding steroid dienone is 1. The predicted molar refractivity (Wildman–Crippen MR) is 97.0 cm³/mol. The van der Waals surface area contributed by atoms with E-state index < -0.39 is 36.6 Å². The number of carboxylic acid groups (broad SMARTS) is 1. The van der Waals surface area contributed by atoms with Crippen LogP contribution in [0.2, 0.25) is 10.0 Å². The molecule has 2 N–H and O–H groups in total. The van der Waals surface area contributed by atoms with Crippen LogP contribution in [0.25, 0.3) is 0 Å². The highest BCUT2D eigenvalue weighted by molar-refractivity contribution is 6.42. The highest BCUT2D eigenvalue weighted by Crippen LogP contribution is 2.31. The van der Waals surface area contributed by atoms with Crippen LogP contribution in [0.3, 0.4) is 0 Å². The molecule has 0 aromatic heterocycles. The Labute approximate surface area is 164 Å². The van der Waals surface area contributed by atoms with Gasteiger partial charge in [-0.1, -0.05) is 35.3 Å². The third-order valence-electron chi connectivity index (χ3n) is 3.81. The molecule has 0 aliphatic heterocycles. The zero-order valence-electron chi connectivity index (χ0n) is 14.4. The minimum atomic E-state index is -4.62. The van der Waals surface area contributed by atoms with Crippen LogP contribution in [0.4, 0.5) is 18.0 Å². The van der Waals surface area contributed by atoms with E-state index in [4.69, 9.17) is 28.3 Å². The smallest absolute Gasteiger partial charge is 0.405 e. The number of hydrogen-bond acceptors (Lipinski definition) is 2. The summed E-state index contributed by atoms with van der Waals surface area (Å²) in [4.78, 5) is 23.9. The molecule has 27 heavy (non-hydrogen) atoms. The fraction of sp³-hybridized carbons (Fsp3) is 0.412. The SMILES string of the molecule is C=CCC(CN(C)C(=O)CC(F)(F)F)C(NC(=O)O)c1ccc(Cl)c(Cl)c1. The van der Waals surface area contributed by atoms with Gasteiger partial charge in [0.15, 0.2) is 0 Å². The Bertz CT molecular complexity index is 698. The lowest BCUT2D eigenvalue weighted by Gasteiger charge is -2.31. The second-order valence-corrected chi connectivity index (χ2v) is 6.77. The monoisotopic (exact) mass is 426 g/mol. The van der Waals surface area contributed by atoms with Crippen LogP contribution in [0.15, 0.2) is 30.9 Å². The van der Waals surface area contributed by atoms with Crippen LogP contribution < -0.4 is 5.32 Å². The Morgan fingerprint density at radius 1 is 1.33 bits per heavy atom. The molecule has 2 unspecified atom stereocenters. The number of alkyl halides is 3. The summed E-state index contributed by atoms with van der Waals surface area (Å²) in [6.45, 7) is 3.47. The molecule has 10 heteroatoms. The minimum Gasteiger partial charge on any atom is -0.465 e. The average molecular weight is 427 g/mol. The second-order valence-electron chi connectivity index (χ2n) is 5.95. The summed E-state index contributed by atoms with van der Waals surface area (Å²) in [5.41, 5.74) is 0.468. The van der Waals surface area contributed by atoms with E-state index in [1.165, 1.54) is 25.3 Å². The standard InChI is InChI=1S/C17H19Cl2F3N2O3/c1-3-4-11(9-24(2)14(25)8-17(20,21)22)15(23-16(26)27)10-5-6-12(18)13(19)7-10/h3,5-7,11,15,23H,1,4,8-9H2,2H3,(H,26,27). The van der Waals surface area contributed by atoms with Crippen LogP contribution in [-0.2, 0) is 4.79 Å². The van der Waals surface area contributed by atoms with Crippen LogP contribution in [0.5, 0.6) is 0 Å². The molecule has 0 aliphatic carbocycles. The molecule has 1 aromatic carbocycles. The van der Waals surface area contributed by atoms with Gasteiger partial charge in [-0.05, 0) is 24.1 Å². The first-order chi connectivity index (χ1) is 12.4. The average Bonchev–Trinajstić information content (AvgIpc) is 2.53. The van der Waals surface area contributed by atoms with Crippen molar-refractivity contribution in [2.24, 2.45) is 5.92 Å². The number of hydrogen-bond donors (Lipinski definition) is 2. The maximum atomic E-state index is 12.4. The van der Waals surface area contributed by atoms with Gasteiger partial charge in [-0.2, -0.15) is 13.2 Å². The first-order valence-electron chi connectivity index (χ1n) is 7.80. The van der Waals surface area contributed by atoms with E-state index in [2.05, 4.69) is 11.9 Å². The normalized spacial score (nSPS) is 13.6. The number of rotatable bonds is 8. The summed E-state index contributed by atoms with van der Waals surface area (Å²) >= 11 is 11.9.